The van der Waals surface area contributed by atoms with E-state index < -0.39 is 23.0 Å². The van der Waals surface area contributed by atoms with Gasteiger partial charge in [0.05, 0.1) is 24.0 Å². The molecule has 2 amide bonds. The molecule has 2 saturated heterocycles. The van der Waals surface area contributed by atoms with Gasteiger partial charge in [-0.1, -0.05) is 48.9 Å². The zero-order chi connectivity index (χ0) is 23.4. The zero-order valence-corrected chi connectivity index (χ0v) is 21.1. The highest BCUT2D eigenvalue weighted by Gasteiger charge is 2.71. The molecule has 1 aromatic carbocycles. The van der Waals surface area contributed by atoms with E-state index in [0.717, 1.165) is 28.7 Å². The Bertz CT molecular complexity index is 1130. The molecule has 5 aliphatic rings. The summed E-state index contributed by atoms with van der Waals surface area (Å²) in [7, 11) is 0. The van der Waals surface area contributed by atoms with Gasteiger partial charge in [0, 0.05) is 21.3 Å². The molecule has 2 saturated carbocycles. The van der Waals surface area contributed by atoms with Crippen LogP contribution >= 0.6 is 15.9 Å². The number of anilines is 1. The molecule has 33 heavy (non-hydrogen) atoms. The summed E-state index contributed by atoms with van der Waals surface area (Å²) in [6.45, 7) is 9.25. The van der Waals surface area contributed by atoms with Crippen molar-refractivity contribution in [2.24, 2.45) is 33.7 Å². The van der Waals surface area contributed by atoms with Crippen LogP contribution in [0.2, 0.25) is 0 Å². The Morgan fingerprint density at radius 3 is 2.55 bits per heavy atom. The van der Waals surface area contributed by atoms with Gasteiger partial charge in [0.15, 0.2) is 0 Å². The van der Waals surface area contributed by atoms with Crippen LogP contribution < -0.4 is 10.3 Å². The molecule has 3 aliphatic heterocycles. The number of hydrazone groups is 1. The molecule has 6 nitrogen and oxygen atoms in total. The summed E-state index contributed by atoms with van der Waals surface area (Å²) >= 11 is 3.45. The minimum absolute atomic E-state index is 0.0166. The van der Waals surface area contributed by atoms with E-state index in [-0.39, 0.29) is 22.6 Å². The molecule has 6 rings (SSSR count). The van der Waals surface area contributed by atoms with Crippen LogP contribution in [0.5, 0.6) is 0 Å². The van der Waals surface area contributed by atoms with Gasteiger partial charge in [0.1, 0.15) is 5.60 Å². The van der Waals surface area contributed by atoms with Crippen molar-refractivity contribution in [1.29, 1.82) is 0 Å². The highest BCUT2D eigenvalue weighted by Crippen LogP contribution is 2.64. The summed E-state index contributed by atoms with van der Waals surface area (Å²) in [6.07, 6.45) is 7.22. The van der Waals surface area contributed by atoms with E-state index in [4.69, 9.17) is 4.74 Å². The first kappa shape index (κ1) is 21.5. The van der Waals surface area contributed by atoms with E-state index >= 15 is 0 Å². The van der Waals surface area contributed by atoms with Crippen LogP contribution in [0.15, 0.2) is 46.0 Å². The maximum absolute atomic E-state index is 13.6. The molecule has 3 heterocycles. The van der Waals surface area contributed by atoms with Gasteiger partial charge < -0.3 is 9.64 Å². The summed E-state index contributed by atoms with van der Waals surface area (Å²) in [4.78, 5) is 28.9. The quantitative estimate of drug-likeness (QED) is 0.481. The van der Waals surface area contributed by atoms with Crippen LogP contribution in [0.25, 0.3) is 0 Å². The summed E-state index contributed by atoms with van der Waals surface area (Å²) < 4.78 is 7.39. The highest BCUT2D eigenvalue weighted by atomic mass is 79.9. The van der Waals surface area contributed by atoms with Crippen LogP contribution in [0, 0.1) is 28.6 Å². The molecule has 1 spiro atoms. The molecule has 4 bridgehead atoms. The average molecular weight is 512 g/mol. The van der Waals surface area contributed by atoms with Gasteiger partial charge >= 0.3 is 0 Å². The smallest absolute Gasteiger partial charge is 0.247 e. The maximum Gasteiger partial charge on any atom is 0.247 e. The van der Waals surface area contributed by atoms with E-state index in [1.165, 1.54) is 6.42 Å². The van der Waals surface area contributed by atoms with Gasteiger partial charge in [0.2, 0.25) is 11.8 Å². The fraction of sp³-hybridized carbons (Fsp3) is 0.577. The van der Waals surface area contributed by atoms with Crippen molar-refractivity contribution in [3.05, 3.63) is 40.9 Å². The van der Waals surface area contributed by atoms with Crippen LogP contribution in [-0.2, 0) is 14.3 Å². The number of ether oxygens (including phenoxy) is 1. The summed E-state index contributed by atoms with van der Waals surface area (Å²) in [6, 6.07) is 7.66. The van der Waals surface area contributed by atoms with Crippen LogP contribution in [-0.4, -0.2) is 35.3 Å². The largest absolute Gasteiger partial charge is 0.357 e. The Kier molecular flexibility index (Phi) is 4.29. The van der Waals surface area contributed by atoms with E-state index in [9.17, 15) is 9.59 Å². The number of nitrogens with zero attached hydrogens (tertiary/aromatic N) is 2. The SMILES string of the molecule is CC12C=CC3(CN(c4ccc(Br)cc4)C(=O)C3C1C(=O)N/N=C1\C[C@H]3CC[C@]1(C)C3(C)C)O2. The number of nitrogens with one attached hydrogen (secondary N) is 1. The number of halogens is 1. The number of benzene rings is 1. The molecule has 1 N–H and O–H groups in total. The van der Waals surface area contributed by atoms with Crippen molar-refractivity contribution in [1.82, 2.24) is 5.43 Å². The minimum atomic E-state index is -0.797. The molecule has 4 unspecified atom stereocenters. The predicted molar refractivity (Wildman–Crippen MR) is 130 cm³/mol. The Labute approximate surface area is 202 Å². The number of carbonyl (C=O) groups excluding carboxylic acids is 2. The first-order chi connectivity index (χ1) is 15.5. The summed E-state index contributed by atoms with van der Waals surface area (Å²) in [5.41, 5.74) is 3.42. The highest BCUT2D eigenvalue weighted by molar-refractivity contribution is 9.10. The van der Waals surface area contributed by atoms with Crippen molar-refractivity contribution in [3.8, 4) is 0 Å². The Balaban J connectivity index is 1.28. The van der Waals surface area contributed by atoms with Crippen molar-refractivity contribution in [2.45, 2.75) is 58.2 Å². The maximum atomic E-state index is 13.6. The Morgan fingerprint density at radius 1 is 1.18 bits per heavy atom. The molecular weight excluding hydrogens is 482 g/mol. The third-order valence-electron chi connectivity index (χ3n) is 9.75. The second-order valence-electron chi connectivity index (χ2n) is 11.5. The topological polar surface area (TPSA) is 71.0 Å². The molecule has 4 fully saturated rings. The lowest BCUT2D eigenvalue weighted by molar-refractivity contribution is -0.133. The van der Waals surface area contributed by atoms with Crippen molar-refractivity contribution in [3.63, 3.8) is 0 Å². The standard InChI is InChI=1S/C26H30BrN3O3/c1-23(2)15-9-10-24(23,3)18(13-15)28-29-21(31)19-20-22(32)30(17-7-5-16(27)6-8-17)14-26(20)12-11-25(19,4)33-26/h5-8,11-12,15,19-20H,9-10,13-14H2,1-4H3,(H,29,31)/b28-18+/t15-,19?,20?,24+,25?,26?/m1/s1. The number of amides is 2. The molecule has 0 radical (unpaired) electrons. The van der Waals surface area contributed by atoms with Crippen LogP contribution in [0.3, 0.4) is 0 Å². The lowest BCUT2D eigenvalue weighted by atomic mass is 9.70. The van der Waals surface area contributed by atoms with Crippen molar-refractivity contribution < 1.29 is 14.3 Å². The normalized spacial score (nSPS) is 43.1. The number of hydrogen-bond donors (Lipinski definition) is 1. The second kappa shape index (κ2) is 6.57. The fourth-order valence-corrected chi connectivity index (χ4v) is 7.56. The third-order valence-corrected chi connectivity index (χ3v) is 10.3. The van der Waals surface area contributed by atoms with Gasteiger partial charge in [-0.05, 0) is 61.8 Å². The second-order valence-corrected chi connectivity index (χ2v) is 12.4. The Morgan fingerprint density at radius 2 is 1.91 bits per heavy atom. The van der Waals surface area contributed by atoms with E-state index in [1.54, 1.807) is 4.90 Å². The first-order valence-corrected chi connectivity index (χ1v) is 12.6. The van der Waals surface area contributed by atoms with Crippen molar-refractivity contribution in [2.75, 3.05) is 11.4 Å². The number of fused-ring (bicyclic) bond motifs is 3. The number of hydrogen-bond acceptors (Lipinski definition) is 4. The van der Waals surface area contributed by atoms with E-state index in [2.05, 4.69) is 47.2 Å². The Hall–Kier alpha value is -1.99. The fourth-order valence-electron chi connectivity index (χ4n) is 7.30. The molecule has 6 atom stereocenters. The molecule has 2 aliphatic carbocycles. The van der Waals surface area contributed by atoms with Gasteiger partial charge in [-0.25, -0.2) is 5.43 Å². The lowest BCUT2D eigenvalue weighted by Gasteiger charge is -2.34. The van der Waals surface area contributed by atoms with E-state index in [1.807, 2.05) is 43.3 Å². The van der Waals surface area contributed by atoms with Gasteiger partial charge in [0.25, 0.3) is 0 Å². The molecule has 7 heteroatoms. The molecule has 1 aromatic rings. The number of rotatable bonds is 3. The lowest BCUT2D eigenvalue weighted by Crippen LogP contribution is -2.47. The third kappa shape index (κ3) is 2.66. The minimum Gasteiger partial charge on any atom is -0.357 e. The molecule has 0 aromatic heterocycles. The zero-order valence-electron chi connectivity index (χ0n) is 19.5. The predicted octanol–water partition coefficient (Wildman–Crippen LogP) is 4.44. The molecule has 174 valence electrons. The van der Waals surface area contributed by atoms with Crippen LogP contribution in [0.1, 0.15) is 47.0 Å². The van der Waals surface area contributed by atoms with Crippen molar-refractivity contribution >= 4 is 39.1 Å². The summed E-state index contributed by atoms with van der Waals surface area (Å²) in [5.74, 6) is -0.839. The summed E-state index contributed by atoms with van der Waals surface area (Å²) in [5, 5.41) is 4.66. The average Bonchev–Trinajstić information content (AvgIpc) is 3.45. The van der Waals surface area contributed by atoms with Gasteiger partial charge in [-0.2, -0.15) is 5.10 Å². The monoisotopic (exact) mass is 511 g/mol. The number of carbonyl (C=O) groups is 2. The van der Waals surface area contributed by atoms with Gasteiger partial charge in [-0.3, -0.25) is 9.59 Å². The van der Waals surface area contributed by atoms with E-state index in [0.29, 0.717) is 12.5 Å². The first-order valence-electron chi connectivity index (χ1n) is 11.9. The molecular formula is C26H30BrN3O3. The van der Waals surface area contributed by atoms with Crippen LogP contribution in [0.4, 0.5) is 5.69 Å². The van der Waals surface area contributed by atoms with Gasteiger partial charge in [-0.15, -0.1) is 0 Å².